The first-order valence-corrected chi connectivity index (χ1v) is 8.42. The second-order valence-electron chi connectivity index (χ2n) is 7.19. The number of nitrogens with zero attached hydrogens (tertiary/aromatic N) is 2. The summed E-state index contributed by atoms with van der Waals surface area (Å²) in [5.41, 5.74) is 6.18. The molecule has 0 aliphatic carbocycles. The van der Waals surface area contributed by atoms with Crippen LogP contribution >= 0.6 is 0 Å². The Morgan fingerprint density at radius 2 is 2.04 bits per heavy atom. The van der Waals surface area contributed by atoms with Gasteiger partial charge in [0.05, 0.1) is 5.52 Å². The van der Waals surface area contributed by atoms with Gasteiger partial charge in [0.25, 0.3) is 5.91 Å². The van der Waals surface area contributed by atoms with Gasteiger partial charge < -0.3 is 11.1 Å². The molecular formula is C19H26N4O2. The maximum absolute atomic E-state index is 12.8. The van der Waals surface area contributed by atoms with Crippen LogP contribution in [0.25, 0.3) is 10.9 Å². The maximum atomic E-state index is 12.8. The van der Waals surface area contributed by atoms with Gasteiger partial charge in [-0.2, -0.15) is 5.10 Å². The number of unbranched alkanes of at least 4 members (excludes halogenated alkanes) is 1. The van der Waals surface area contributed by atoms with Crippen molar-refractivity contribution in [2.75, 3.05) is 0 Å². The molecule has 2 aromatic rings. The van der Waals surface area contributed by atoms with Crippen molar-refractivity contribution < 1.29 is 9.59 Å². The number of hydrogen-bond acceptors (Lipinski definition) is 3. The zero-order chi connectivity index (χ0) is 18.6. The summed E-state index contributed by atoms with van der Waals surface area (Å²) in [5.74, 6) is -0.951. The van der Waals surface area contributed by atoms with Gasteiger partial charge in [0.1, 0.15) is 6.04 Å². The zero-order valence-corrected chi connectivity index (χ0v) is 15.1. The van der Waals surface area contributed by atoms with Gasteiger partial charge in [0, 0.05) is 11.9 Å². The monoisotopic (exact) mass is 342 g/mol. The van der Waals surface area contributed by atoms with E-state index >= 15 is 0 Å². The number of carbonyl (C=O) groups is 2. The van der Waals surface area contributed by atoms with Crippen LogP contribution in [0.3, 0.4) is 0 Å². The van der Waals surface area contributed by atoms with Crippen molar-refractivity contribution in [1.82, 2.24) is 15.1 Å². The Kier molecular flexibility index (Phi) is 5.62. The van der Waals surface area contributed by atoms with Crippen LogP contribution in [0.4, 0.5) is 0 Å². The lowest BCUT2D eigenvalue weighted by Gasteiger charge is -2.28. The second-order valence-corrected chi connectivity index (χ2v) is 7.19. The second kappa shape index (κ2) is 7.51. The molecule has 0 aliphatic heterocycles. The molecule has 0 saturated carbocycles. The summed E-state index contributed by atoms with van der Waals surface area (Å²) in [4.78, 5) is 24.5. The van der Waals surface area contributed by atoms with Crippen LogP contribution < -0.4 is 11.1 Å². The Labute approximate surface area is 148 Å². The molecule has 2 rings (SSSR count). The number of primary amides is 1. The number of nitrogens with two attached hydrogens (primary N) is 1. The molecule has 0 bridgehead atoms. The van der Waals surface area contributed by atoms with Crippen LogP contribution in [0.5, 0.6) is 0 Å². The van der Waals surface area contributed by atoms with Gasteiger partial charge in [0.15, 0.2) is 5.69 Å². The summed E-state index contributed by atoms with van der Waals surface area (Å²) in [6, 6.07) is 6.80. The highest BCUT2D eigenvalue weighted by molar-refractivity contribution is 6.06. The highest BCUT2D eigenvalue weighted by Crippen LogP contribution is 2.22. The Bertz CT molecular complexity index is 786. The van der Waals surface area contributed by atoms with Gasteiger partial charge in [-0.15, -0.1) is 6.58 Å². The Morgan fingerprint density at radius 3 is 2.64 bits per heavy atom. The number of fused-ring (bicyclic) bond motifs is 1. The molecule has 6 heteroatoms. The lowest BCUT2D eigenvalue weighted by atomic mass is 9.86. The molecule has 3 N–H and O–H groups in total. The first-order valence-electron chi connectivity index (χ1n) is 8.42. The largest absolute Gasteiger partial charge is 0.368 e. The van der Waals surface area contributed by atoms with Crippen molar-refractivity contribution in [2.45, 2.75) is 46.2 Å². The fraction of sp³-hybridized carbons (Fsp3) is 0.421. The molecular weight excluding hydrogens is 316 g/mol. The Morgan fingerprint density at radius 1 is 1.36 bits per heavy atom. The van der Waals surface area contributed by atoms with E-state index in [4.69, 9.17) is 5.73 Å². The van der Waals surface area contributed by atoms with Gasteiger partial charge in [-0.05, 0) is 24.3 Å². The first kappa shape index (κ1) is 18.7. The van der Waals surface area contributed by atoms with Crippen LogP contribution in [0.1, 0.15) is 44.1 Å². The quantitative estimate of drug-likeness (QED) is 0.599. The van der Waals surface area contributed by atoms with Gasteiger partial charge in [-0.3, -0.25) is 14.3 Å². The maximum Gasteiger partial charge on any atom is 0.273 e. The molecule has 0 fully saturated rings. The zero-order valence-electron chi connectivity index (χ0n) is 15.1. The van der Waals surface area contributed by atoms with Crippen molar-refractivity contribution >= 4 is 22.7 Å². The standard InChI is InChI=1S/C19H26N4O2/c1-5-6-9-12-23-14-11-8-7-10-13(14)15(22-23)18(25)21-16(17(20)24)19(2,3)4/h5,7-8,10-11,16H,1,6,9,12H2,2-4H3,(H2,20,24)(H,21,25)/t16-/m1/s1. The molecule has 0 radical (unpaired) electrons. The lowest BCUT2D eigenvalue weighted by Crippen LogP contribution is -2.52. The number of nitrogens with one attached hydrogen (secondary N) is 1. The van der Waals surface area contributed by atoms with Crippen molar-refractivity contribution in [3.05, 3.63) is 42.6 Å². The number of aromatic nitrogens is 2. The third-order valence-corrected chi connectivity index (χ3v) is 4.08. The van der Waals surface area contributed by atoms with Crippen LogP contribution in [-0.2, 0) is 11.3 Å². The fourth-order valence-corrected chi connectivity index (χ4v) is 2.76. The smallest absolute Gasteiger partial charge is 0.273 e. The van der Waals surface area contributed by atoms with Crippen molar-refractivity contribution in [3.63, 3.8) is 0 Å². The predicted molar refractivity (Wildman–Crippen MR) is 99.1 cm³/mol. The minimum absolute atomic E-state index is 0.310. The van der Waals surface area contributed by atoms with E-state index < -0.39 is 23.3 Å². The molecule has 6 nitrogen and oxygen atoms in total. The van der Waals surface area contributed by atoms with Crippen LogP contribution in [0.2, 0.25) is 0 Å². The number of para-hydroxylation sites is 1. The Balaban J connectivity index is 2.34. The molecule has 1 aromatic carbocycles. The predicted octanol–water partition coefficient (Wildman–Crippen LogP) is 2.63. The normalized spacial score (nSPS) is 12.8. The molecule has 0 unspecified atom stereocenters. The minimum Gasteiger partial charge on any atom is -0.368 e. The van der Waals surface area contributed by atoms with Gasteiger partial charge in [-0.25, -0.2) is 0 Å². The third kappa shape index (κ3) is 4.26. The van der Waals surface area contributed by atoms with Crippen LogP contribution in [0.15, 0.2) is 36.9 Å². The van der Waals surface area contributed by atoms with Crippen LogP contribution in [-0.4, -0.2) is 27.6 Å². The van der Waals surface area contributed by atoms with E-state index in [1.54, 1.807) is 0 Å². The lowest BCUT2D eigenvalue weighted by molar-refractivity contribution is -0.122. The fourth-order valence-electron chi connectivity index (χ4n) is 2.76. The summed E-state index contributed by atoms with van der Waals surface area (Å²) in [5, 5.41) is 7.97. The number of allylic oxidation sites excluding steroid dienone is 1. The van der Waals surface area contributed by atoms with Gasteiger partial charge in [0.2, 0.25) is 5.91 Å². The summed E-state index contributed by atoms with van der Waals surface area (Å²) in [6.45, 7) is 9.98. The van der Waals surface area contributed by atoms with E-state index in [1.165, 1.54) is 0 Å². The Hall–Kier alpha value is -2.63. The number of benzene rings is 1. The van der Waals surface area contributed by atoms with E-state index in [9.17, 15) is 9.59 Å². The average molecular weight is 342 g/mol. The van der Waals surface area contributed by atoms with E-state index in [1.807, 2.05) is 55.8 Å². The molecule has 2 amide bonds. The third-order valence-electron chi connectivity index (χ3n) is 4.08. The summed E-state index contributed by atoms with van der Waals surface area (Å²) < 4.78 is 1.82. The highest BCUT2D eigenvalue weighted by Gasteiger charge is 2.32. The number of aryl methyl sites for hydroxylation is 1. The van der Waals surface area contributed by atoms with Gasteiger partial charge in [-0.1, -0.05) is 45.0 Å². The summed E-state index contributed by atoms with van der Waals surface area (Å²) in [6.07, 6.45) is 3.63. The molecule has 0 aliphatic rings. The summed E-state index contributed by atoms with van der Waals surface area (Å²) in [7, 11) is 0. The molecule has 1 aromatic heterocycles. The van der Waals surface area contributed by atoms with Crippen molar-refractivity contribution in [3.8, 4) is 0 Å². The molecule has 0 saturated heterocycles. The number of carbonyl (C=O) groups excluding carboxylic acids is 2. The van der Waals surface area contributed by atoms with Gasteiger partial charge >= 0.3 is 0 Å². The first-order chi connectivity index (χ1) is 11.8. The van der Waals surface area contributed by atoms with Crippen LogP contribution in [0, 0.1) is 5.41 Å². The summed E-state index contributed by atoms with van der Waals surface area (Å²) >= 11 is 0. The van der Waals surface area contributed by atoms with E-state index in [2.05, 4.69) is 17.0 Å². The molecule has 0 spiro atoms. The van der Waals surface area contributed by atoms with E-state index in [-0.39, 0.29) is 0 Å². The number of amides is 2. The van der Waals surface area contributed by atoms with Crippen molar-refractivity contribution in [1.29, 1.82) is 0 Å². The van der Waals surface area contributed by atoms with E-state index in [0.29, 0.717) is 12.2 Å². The highest BCUT2D eigenvalue weighted by atomic mass is 16.2. The topological polar surface area (TPSA) is 90.0 Å². The SMILES string of the molecule is C=CCCCn1nc(C(=O)N[C@H](C(N)=O)C(C)(C)C)c2ccccc21. The molecule has 134 valence electrons. The minimum atomic E-state index is -0.773. The number of rotatable bonds is 7. The average Bonchev–Trinajstić information content (AvgIpc) is 2.90. The number of hydrogen-bond donors (Lipinski definition) is 2. The van der Waals surface area contributed by atoms with Crippen molar-refractivity contribution in [2.24, 2.45) is 11.1 Å². The molecule has 1 heterocycles. The molecule has 25 heavy (non-hydrogen) atoms. The van der Waals surface area contributed by atoms with E-state index in [0.717, 1.165) is 23.7 Å². The molecule has 1 atom stereocenters.